The molecule has 2 atom stereocenters. The molecule has 0 spiro atoms. The molecule has 13 heteroatoms. The number of amides is 3. The largest absolute Gasteiger partial charge is 0.463 e. The van der Waals surface area contributed by atoms with Crippen molar-refractivity contribution in [2.45, 2.75) is 44.2 Å². The normalized spacial score (nSPS) is 16.1. The molecule has 4 aromatic rings. The van der Waals surface area contributed by atoms with E-state index in [0.717, 1.165) is 43.5 Å². The van der Waals surface area contributed by atoms with Gasteiger partial charge in [-0.2, -0.15) is 0 Å². The highest BCUT2D eigenvalue weighted by Gasteiger charge is 2.17. The zero-order chi connectivity index (χ0) is 35.3. The summed E-state index contributed by atoms with van der Waals surface area (Å²) < 4.78 is 10.3. The summed E-state index contributed by atoms with van der Waals surface area (Å²) in [6.45, 7) is 1.14. The fourth-order valence-corrected chi connectivity index (χ4v) is 5.44. The van der Waals surface area contributed by atoms with Crippen molar-refractivity contribution in [2.24, 2.45) is 21.5 Å². The smallest absolute Gasteiger partial charge is 0.323 e. The molecule has 4 aromatic carbocycles. The number of rotatable bonds is 11. The first-order chi connectivity index (χ1) is 24.2. The van der Waals surface area contributed by atoms with E-state index in [4.69, 9.17) is 44.1 Å². The van der Waals surface area contributed by atoms with Crippen LogP contribution in [-0.4, -0.2) is 49.3 Å². The van der Waals surface area contributed by atoms with Gasteiger partial charge in [-0.3, -0.25) is 4.79 Å². The van der Waals surface area contributed by atoms with Crippen LogP contribution in [-0.2, 0) is 22.3 Å². The number of amidine groups is 2. The Labute approximate surface area is 301 Å². The second-order valence-corrected chi connectivity index (χ2v) is 12.6. The number of halogens is 2. The Kier molecular flexibility index (Phi) is 12.9. The van der Waals surface area contributed by atoms with Crippen molar-refractivity contribution in [1.29, 1.82) is 0 Å². The van der Waals surface area contributed by atoms with E-state index in [1.54, 1.807) is 48.5 Å². The van der Waals surface area contributed by atoms with Crippen LogP contribution in [0.1, 0.15) is 40.7 Å². The summed E-state index contributed by atoms with van der Waals surface area (Å²) in [5, 5.41) is 9.66. The van der Waals surface area contributed by atoms with Gasteiger partial charge in [-0.05, 0) is 116 Å². The summed E-state index contributed by atoms with van der Waals surface area (Å²) in [6.07, 6.45) is 4.68. The van der Waals surface area contributed by atoms with Gasteiger partial charge in [-0.1, -0.05) is 47.5 Å². The predicted molar refractivity (Wildman–Crippen MR) is 200 cm³/mol. The molecule has 2 aliphatic heterocycles. The first kappa shape index (κ1) is 36.0. The molecular formula is C37H39Cl2N7O4. The number of urea groups is 1. The predicted octanol–water partition coefficient (Wildman–Crippen LogP) is 7.26. The van der Waals surface area contributed by atoms with Crippen molar-refractivity contribution in [3.8, 4) is 0 Å². The Morgan fingerprint density at radius 2 is 1.06 bits per heavy atom. The van der Waals surface area contributed by atoms with Crippen LogP contribution in [0, 0.1) is 0 Å². The van der Waals surface area contributed by atoms with Crippen LogP contribution in [0.4, 0.5) is 21.9 Å². The molecule has 3 amide bonds. The number of carbonyl (C=O) groups excluding carboxylic acids is 2. The third kappa shape index (κ3) is 11.7. The molecule has 11 nitrogen and oxygen atoms in total. The van der Waals surface area contributed by atoms with Crippen LogP contribution in [0.2, 0.25) is 10.0 Å². The van der Waals surface area contributed by atoms with E-state index in [9.17, 15) is 9.59 Å². The first-order valence-corrected chi connectivity index (χ1v) is 16.9. The molecule has 0 bridgehead atoms. The maximum Gasteiger partial charge on any atom is 0.323 e. The average Bonchev–Trinajstić information content (AvgIpc) is 3.73. The zero-order valence-electron chi connectivity index (χ0n) is 27.3. The van der Waals surface area contributed by atoms with E-state index in [1.165, 1.54) is 11.1 Å². The van der Waals surface area contributed by atoms with Gasteiger partial charge >= 0.3 is 6.03 Å². The monoisotopic (exact) mass is 715 g/mol. The highest BCUT2D eigenvalue weighted by atomic mass is 35.5. The fraction of sp³-hybridized carbons (Fsp3) is 0.243. The maximum absolute atomic E-state index is 12.2. The van der Waals surface area contributed by atoms with Gasteiger partial charge in [0.2, 0.25) is 0 Å². The van der Waals surface area contributed by atoms with E-state index in [0.29, 0.717) is 40.5 Å². The van der Waals surface area contributed by atoms with Gasteiger partial charge in [-0.25, -0.2) is 14.8 Å². The topological polar surface area (TPSA) is 165 Å². The molecule has 50 heavy (non-hydrogen) atoms. The second-order valence-electron chi connectivity index (χ2n) is 11.7. The van der Waals surface area contributed by atoms with E-state index in [1.807, 2.05) is 48.5 Å². The van der Waals surface area contributed by atoms with Crippen molar-refractivity contribution in [3.05, 3.63) is 124 Å². The Bertz CT molecular complexity index is 1780. The lowest BCUT2D eigenvalue weighted by Gasteiger charge is -2.09. The molecule has 2 aliphatic rings. The summed E-state index contributed by atoms with van der Waals surface area (Å²) in [5.74, 6) is -0.152. The summed E-state index contributed by atoms with van der Waals surface area (Å²) in [4.78, 5) is 32.6. The molecule has 6 rings (SSSR count). The molecule has 2 heterocycles. The number of ether oxygens (including phenoxy) is 2. The van der Waals surface area contributed by atoms with Gasteiger partial charge in [-0.15, -0.1) is 0 Å². The second kappa shape index (κ2) is 17.9. The lowest BCUT2D eigenvalue weighted by Crippen LogP contribution is -2.19. The SMILES string of the molecule is NC1=NC(CCCc2ccc(NC(=O)c3ccc(Cl)cc3)cc2)CO1.NC1=NC(CCc2ccc(NC(=O)Nc3ccc(Cl)cc3)cc2)CO1. The lowest BCUT2D eigenvalue weighted by atomic mass is 10.0. The maximum atomic E-state index is 12.2. The van der Waals surface area contributed by atoms with Crippen molar-refractivity contribution >= 4 is 64.2 Å². The number of nitrogens with two attached hydrogens (primary N) is 2. The number of hydrogen-bond donors (Lipinski definition) is 5. The minimum atomic E-state index is -0.303. The fourth-order valence-electron chi connectivity index (χ4n) is 5.18. The summed E-state index contributed by atoms with van der Waals surface area (Å²) >= 11 is 11.7. The van der Waals surface area contributed by atoms with Crippen molar-refractivity contribution < 1.29 is 19.1 Å². The molecule has 0 saturated heterocycles. The Hall–Kier alpha value is -5.26. The molecule has 0 saturated carbocycles. The number of anilines is 3. The van der Waals surface area contributed by atoms with Crippen LogP contribution < -0.4 is 27.4 Å². The quantitative estimate of drug-likeness (QED) is 0.110. The van der Waals surface area contributed by atoms with E-state index >= 15 is 0 Å². The highest BCUT2D eigenvalue weighted by Crippen LogP contribution is 2.18. The van der Waals surface area contributed by atoms with Crippen molar-refractivity contribution in [1.82, 2.24) is 0 Å². The van der Waals surface area contributed by atoms with Gasteiger partial charge in [0.1, 0.15) is 13.2 Å². The van der Waals surface area contributed by atoms with Crippen LogP contribution in [0.3, 0.4) is 0 Å². The number of benzene rings is 4. The van der Waals surface area contributed by atoms with Gasteiger partial charge in [0.25, 0.3) is 18.0 Å². The Morgan fingerprint density at radius 1 is 0.620 bits per heavy atom. The van der Waals surface area contributed by atoms with Crippen LogP contribution in [0.5, 0.6) is 0 Å². The van der Waals surface area contributed by atoms with E-state index in [-0.39, 0.29) is 30.0 Å². The highest BCUT2D eigenvalue weighted by molar-refractivity contribution is 6.31. The van der Waals surface area contributed by atoms with Crippen molar-refractivity contribution in [2.75, 3.05) is 29.2 Å². The summed E-state index contributed by atoms with van der Waals surface area (Å²) in [5.41, 5.74) is 16.1. The molecular weight excluding hydrogens is 677 g/mol. The number of carbonyl (C=O) groups is 2. The minimum absolute atomic E-state index is 0.128. The number of nitrogens with zero attached hydrogens (tertiary/aromatic N) is 2. The van der Waals surface area contributed by atoms with Gasteiger partial charge in [0.15, 0.2) is 0 Å². The summed E-state index contributed by atoms with van der Waals surface area (Å²) in [6, 6.07) is 29.9. The lowest BCUT2D eigenvalue weighted by molar-refractivity contribution is 0.102. The standard InChI is InChI=1S/C19H20ClN3O2.C18H19ClN4O2/c20-15-8-6-14(7-9-15)18(24)22-16-10-4-13(5-11-16)2-1-3-17-12-25-19(21)23-17;19-13-4-9-15(10-5-13)23-18(24)22-14-6-1-12(2-7-14)3-8-16-11-25-17(20)21-16/h4-11,17H,1-3,12H2,(H2,21,23)(H,22,24);1-2,4-7,9-10,16H,3,8,11H2,(H2,20,21)(H2,22,23,24). The van der Waals surface area contributed by atoms with Crippen LogP contribution in [0.15, 0.2) is 107 Å². The number of aliphatic imine (C=N–C) groups is 2. The van der Waals surface area contributed by atoms with Gasteiger partial charge in [0.05, 0.1) is 12.1 Å². The molecule has 7 N–H and O–H groups in total. The molecule has 0 aromatic heterocycles. The van der Waals surface area contributed by atoms with Crippen LogP contribution >= 0.6 is 23.2 Å². The molecule has 260 valence electrons. The minimum Gasteiger partial charge on any atom is -0.463 e. The first-order valence-electron chi connectivity index (χ1n) is 16.2. The molecule has 2 unspecified atom stereocenters. The van der Waals surface area contributed by atoms with E-state index < -0.39 is 0 Å². The summed E-state index contributed by atoms with van der Waals surface area (Å²) in [7, 11) is 0. The van der Waals surface area contributed by atoms with Crippen molar-refractivity contribution in [3.63, 3.8) is 0 Å². The van der Waals surface area contributed by atoms with Gasteiger partial charge in [0, 0.05) is 32.7 Å². The molecule has 0 radical (unpaired) electrons. The Balaban J connectivity index is 0.000000194. The third-order valence-electron chi connectivity index (χ3n) is 7.87. The Morgan fingerprint density at radius 3 is 1.56 bits per heavy atom. The zero-order valence-corrected chi connectivity index (χ0v) is 28.8. The molecule has 0 fully saturated rings. The van der Waals surface area contributed by atoms with Crippen LogP contribution in [0.25, 0.3) is 0 Å². The number of aryl methyl sites for hydroxylation is 2. The van der Waals surface area contributed by atoms with Gasteiger partial charge < -0.3 is 36.9 Å². The number of nitrogens with one attached hydrogen (secondary N) is 3. The third-order valence-corrected chi connectivity index (χ3v) is 8.37. The number of hydrogen-bond acceptors (Lipinski definition) is 8. The molecule has 0 aliphatic carbocycles. The van der Waals surface area contributed by atoms with E-state index in [2.05, 4.69) is 25.9 Å². The average molecular weight is 717 g/mol.